The molecule has 0 aliphatic heterocycles. The van der Waals surface area contributed by atoms with Gasteiger partial charge in [0.15, 0.2) is 12.4 Å². The summed E-state index contributed by atoms with van der Waals surface area (Å²) >= 11 is 0. The van der Waals surface area contributed by atoms with Gasteiger partial charge in [-0.3, -0.25) is 25.2 Å². The molecular formula is C22H21N4O6S+. The summed E-state index contributed by atoms with van der Waals surface area (Å²) in [6.45, 7) is 2.96. The van der Waals surface area contributed by atoms with Crippen molar-refractivity contribution < 1.29 is 32.1 Å². The number of aromatic nitrogens is 1. The van der Waals surface area contributed by atoms with Crippen LogP contribution in [0.4, 0.5) is 16.2 Å². The molecule has 2 aromatic carbocycles. The lowest BCUT2D eigenvalue weighted by molar-refractivity contribution is -0.583. The monoisotopic (exact) mass is 469 g/mol. The van der Waals surface area contributed by atoms with Crippen LogP contribution in [0.15, 0.2) is 78.0 Å². The Morgan fingerprint density at radius 1 is 0.909 bits per heavy atom. The summed E-state index contributed by atoms with van der Waals surface area (Å²) in [6, 6.07) is 15.6. The van der Waals surface area contributed by atoms with Crippen molar-refractivity contribution in [2.75, 3.05) is 10.1 Å². The van der Waals surface area contributed by atoms with Crippen LogP contribution in [0.3, 0.4) is 0 Å². The van der Waals surface area contributed by atoms with Crippen LogP contribution in [0.2, 0.25) is 0 Å². The molecule has 0 atom stereocenters. The van der Waals surface area contributed by atoms with Crippen molar-refractivity contribution in [1.29, 1.82) is 0 Å². The van der Waals surface area contributed by atoms with Crippen molar-refractivity contribution in [3.63, 3.8) is 0 Å². The predicted octanol–water partition coefficient (Wildman–Crippen LogP) is 2.37. The van der Waals surface area contributed by atoms with Crippen LogP contribution in [-0.4, -0.2) is 26.4 Å². The first-order valence-corrected chi connectivity index (χ1v) is 11.1. The second-order valence-electron chi connectivity index (χ2n) is 6.93. The SMILES string of the molecule is CC(=O)OC(=O)[n+]1cccc(C(=O)NNc2ccc(NS(=O)(=O)c3ccc(C)cc3)cc2)c1. The van der Waals surface area contributed by atoms with Crippen molar-refractivity contribution in [2.45, 2.75) is 18.7 Å². The molecule has 10 nitrogen and oxygen atoms in total. The molecule has 0 fully saturated rings. The summed E-state index contributed by atoms with van der Waals surface area (Å²) in [5, 5.41) is 0. The number of aryl methyl sites for hydroxylation is 1. The van der Waals surface area contributed by atoms with Gasteiger partial charge in [-0.1, -0.05) is 22.3 Å². The summed E-state index contributed by atoms with van der Waals surface area (Å²) < 4.78 is 32.9. The predicted molar refractivity (Wildman–Crippen MR) is 119 cm³/mol. The third kappa shape index (κ3) is 6.37. The summed E-state index contributed by atoms with van der Waals surface area (Å²) in [5.74, 6) is -1.32. The van der Waals surface area contributed by atoms with Crippen LogP contribution in [0, 0.1) is 6.92 Å². The number of pyridine rings is 1. The molecular weight excluding hydrogens is 448 g/mol. The van der Waals surface area contributed by atoms with E-state index >= 15 is 0 Å². The molecule has 0 saturated carbocycles. The van der Waals surface area contributed by atoms with Crippen LogP contribution in [0.5, 0.6) is 0 Å². The first-order valence-electron chi connectivity index (χ1n) is 9.64. The lowest BCUT2D eigenvalue weighted by atomic mass is 10.2. The maximum Gasteiger partial charge on any atom is 0.609 e. The number of esters is 1. The van der Waals surface area contributed by atoms with Crippen LogP contribution < -0.4 is 20.1 Å². The molecule has 0 radical (unpaired) electrons. The Morgan fingerprint density at radius 2 is 1.55 bits per heavy atom. The third-order valence-corrected chi connectivity index (χ3v) is 5.69. The number of carbonyl (C=O) groups excluding carboxylic acids is 3. The van der Waals surface area contributed by atoms with E-state index in [0.29, 0.717) is 11.4 Å². The van der Waals surface area contributed by atoms with Crippen LogP contribution >= 0.6 is 0 Å². The van der Waals surface area contributed by atoms with E-state index in [4.69, 9.17) is 0 Å². The van der Waals surface area contributed by atoms with Crippen LogP contribution in [0.1, 0.15) is 22.8 Å². The quantitative estimate of drug-likeness (QED) is 0.218. The number of nitrogens with one attached hydrogen (secondary N) is 3. The van der Waals surface area contributed by atoms with Gasteiger partial charge in [0.25, 0.3) is 15.9 Å². The molecule has 11 heteroatoms. The second-order valence-corrected chi connectivity index (χ2v) is 8.62. The minimum atomic E-state index is -3.72. The fourth-order valence-electron chi connectivity index (χ4n) is 2.65. The number of ether oxygens (including phenoxy) is 1. The molecule has 1 aromatic heterocycles. The van der Waals surface area contributed by atoms with E-state index in [9.17, 15) is 22.8 Å². The molecule has 0 spiro atoms. The number of rotatable bonds is 6. The highest BCUT2D eigenvalue weighted by atomic mass is 32.2. The highest BCUT2D eigenvalue weighted by Crippen LogP contribution is 2.18. The number of hydrogen-bond donors (Lipinski definition) is 3. The maximum absolute atomic E-state index is 12.5. The number of nitrogens with zero attached hydrogens (tertiary/aromatic N) is 1. The first-order chi connectivity index (χ1) is 15.6. The summed E-state index contributed by atoms with van der Waals surface area (Å²) in [4.78, 5) is 35.2. The number of carbonyl (C=O) groups is 3. The normalized spacial score (nSPS) is 10.7. The zero-order valence-electron chi connectivity index (χ0n) is 17.7. The van der Waals surface area contributed by atoms with Crippen LogP contribution in [0.25, 0.3) is 0 Å². The summed E-state index contributed by atoms with van der Waals surface area (Å²) in [7, 11) is -3.72. The highest BCUT2D eigenvalue weighted by Gasteiger charge is 2.21. The molecule has 33 heavy (non-hydrogen) atoms. The fourth-order valence-corrected chi connectivity index (χ4v) is 3.71. The van der Waals surface area contributed by atoms with Gasteiger partial charge in [-0.05, 0) is 49.4 Å². The largest absolute Gasteiger partial charge is 0.609 e. The zero-order valence-corrected chi connectivity index (χ0v) is 18.5. The molecule has 3 aromatic rings. The molecule has 0 bridgehead atoms. The Labute approximate surface area is 190 Å². The van der Waals surface area contributed by atoms with E-state index in [1.165, 1.54) is 48.8 Å². The number of hydrogen-bond acceptors (Lipinski definition) is 7. The second kappa shape index (κ2) is 9.92. The standard InChI is InChI=1S/C22H20N4O6S/c1-15-5-11-20(12-6-15)33(30,31)25-19-9-7-18(8-10-19)23-24-21(28)17-4-3-13-26(14-17)22(29)32-16(2)27/h3-14,23,25H,1-2H3/p+1. The van der Waals surface area contributed by atoms with Gasteiger partial charge in [0.05, 0.1) is 10.6 Å². The Morgan fingerprint density at radius 3 is 2.18 bits per heavy atom. The van der Waals surface area contributed by atoms with Crippen molar-refractivity contribution in [3.8, 4) is 0 Å². The van der Waals surface area contributed by atoms with Crippen molar-refractivity contribution in [2.24, 2.45) is 0 Å². The van der Waals surface area contributed by atoms with Crippen molar-refractivity contribution in [1.82, 2.24) is 5.43 Å². The Kier molecular flexibility index (Phi) is 7.04. The lowest BCUT2D eigenvalue weighted by Gasteiger charge is -2.11. The minimum absolute atomic E-state index is 0.132. The Bertz CT molecular complexity index is 1290. The molecule has 170 valence electrons. The van der Waals surface area contributed by atoms with Gasteiger partial charge in [0, 0.05) is 18.7 Å². The van der Waals surface area contributed by atoms with Gasteiger partial charge < -0.3 is 4.74 Å². The fraction of sp³-hybridized carbons (Fsp3) is 0.0909. The van der Waals surface area contributed by atoms with E-state index in [-0.39, 0.29) is 10.5 Å². The number of anilines is 2. The molecule has 0 aliphatic carbocycles. The van der Waals surface area contributed by atoms with Crippen LogP contribution in [-0.2, 0) is 19.6 Å². The molecule has 1 heterocycles. The Balaban J connectivity index is 1.60. The molecule has 1 amide bonds. The van der Waals surface area contributed by atoms with Gasteiger partial charge in [-0.15, -0.1) is 0 Å². The molecule has 3 N–H and O–H groups in total. The number of hydrazine groups is 1. The Hall–Kier alpha value is -4.25. The van der Waals surface area contributed by atoms with Crippen molar-refractivity contribution in [3.05, 3.63) is 84.2 Å². The van der Waals surface area contributed by atoms with Gasteiger partial charge >= 0.3 is 12.1 Å². The van der Waals surface area contributed by atoms with Gasteiger partial charge in [-0.2, -0.15) is 4.79 Å². The van der Waals surface area contributed by atoms with Gasteiger partial charge in [0.1, 0.15) is 5.56 Å². The number of sulfonamides is 1. The minimum Gasteiger partial charge on any atom is -0.338 e. The zero-order chi connectivity index (χ0) is 24.0. The van der Waals surface area contributed by atoms with Gasteiger partial charge in [-0.25, -0.2) is 8.42 Å². The van der Waals surface area contributed by atoms with E-state index in [2.05, 4.69) is 20.3 Å². The molecule has 3 rings (SSSR count). The van der Waals surface area contributed by atoms with E-state index in [1.54, 1.807) is 24.3 Å². The summed E-state index contributed by atoms with van der Waals surface area (Å²) in [5.41, 5.74) is 7.08. The lowest BCUT2D eigenvalue weighted by Crippen LogP contribution is -2.44. The molecule has 0 aliphatic rings. The maximum atomic E-state index is 12.5. The van der Waals surface area contributed by atoms with E-state index < -0.39 is 28.0 Å². The van der Waals surface area contributed by atoms with Crippen molar-refractivity contribution >= 4 is 39.4 Å². The average molecular weight is 469 g/mol. The molecule has 0 unspecified atom stereocenters. The highest BCUT2D eigenvalue weighted by molar-refractivity contribution is 7.92. The van der Waals surface area contributed by atoms with E-state index in [1.807, 2.05) is 6.92 Å². The smallest absolute Gasteiger partial charge is 0.338 e. The summed E-state index contributed by atoms with van der Waals surface area (Å²) in [6.07, 6.45) is 1.62. The molecule has 0 saturated heterocycles. The topological polar surface area (TPSA) is 135 Å². The third-order valence-electron chi connectivity index (χ3n) is 4.29. The average Bonchev–Trinajstić information content (AvgIpc) is 2.78. The van der Waals surface area contributed by atoms with E-state index in [0.717, 1.165) is 17.1 Å². The first kappa shape index (κ1) is 23.4. The number of amides is 1. The van der Waals surface area contributed by atoms with Gasteiger partial charge in [0.2, 0.25) is 0 Å². The number of benzene rings is 2.